The second kappa shape index (κ2) is 6.59. The van der Waals surface area contributed by atoms with Gasteiger partial charge in [-0.3, -0.25) is 4.79 Å². The molecule has 4 aliphatic carbocycles. The molecule has 5 aliphatic rings. The molecule has 0 N–H and O–H groups in total. The molecule has 142 valence electrons. The maximum atomic E-state index is 13.5. The van der Waals surface area contributed by atoms with Crippen molar-refractivity contribution in [3.05, 3.63) is 0 Å². The first-order chi connectivity index (χ1) is 12.6. The lowest BCUT2D eigenvalue weighted by atomic mass is 9.48. The summed E-state index contributed by atoms with van der Waals surface area (Å²) in [7, 11) is 0. The molecular formula is C19H28N4O2S. The number of nitrogens with zero attached hydrogens (tertiary/aromatic N) is 4. The molecule has 4 saturated carbocycles. The predicted octanol–water partition coefficient (Wildman–Crippen LogP) is 3.12. The number of thioether (sulfide) groups is 1. The van der Waals surface area contributed by atoms with Crippen LogP contribution in [0.4, 0.5) is 0 Å². The lowest BCUT2D eigenvalue weighted by Gasteiger charge is -2.56. The molecule has 0 amide bonds. The van der Waals surface area contributed by atoms with Crippen LogP contribution in [-0.4, -0.2) is 44.0 Å². The number of hydrogen-bond donors (Lipinski definition) is 0. The van der Waals surface area contributed by atoms with Crippen molar-refractivity contribution in [2.45, 2.75) is 81.3 Å². The van der Waals surface area contributed by atoms with Gasteiger partial charge in [0.05, 0.1) is 17.9 Å². The fraction of sp³-hybridized carbons (Fsp3) is 0.895. The van der Waals surface area contributed by atoms with Crippen LogP contribution in [0.1, 0.15) is 58.3 Å². The Morgan fingerprint density at radius 2 is 1.96 bits per heavy atom. The second-order valence-electron chi connectivity index (χ2n) is 9.10. The summed E-state index contributed by atoms with van der Waals surface area (Å²) in [5.74, 6) is 2.85. The topological polar surface area (TPSA) is 69.9 Å². The van der Waals surface area contributed by atoms with Gasteiger partial charge >= 0.3 is 0 Å². The minimum Gasteiger partial charge on any atom is -0.376 e. The van der Waals surface area contributed by atoms with E-state index in [4.69, 9.17) is 4.74 Å². The van der Waals surface area contributed by atoms with Crippen LogP contribution in [0.25, 0.3) is 0 Å². The Morgan fingerprint density at radius 1 is 1.27 bits per heavy atom. The Kier molecular flexibility index (Phi) is 4.35. The van der Waals surface area contributed by atoms with Crippen LogP contribution in [0.2, 0.25) is 0 Å². The van der Waals surface area contributed by atoms with E-state index in [1.54, 1.807) is 0 Å². The molecule has 1 saturated heterocycles. The number of rotatable bonds is 6. The molecule has 1 aromatic rings. The zero-order valence-electron chi connectivity index (χ0n) is 15.5. The van der Waals surface area contributed by atoms with Gasteiger partial charge in [0, 0.05) is 12.0 Å². The molecule has 0 spiro atoms. The quantitative estimate of drug-likeness (QED) is 0.711. The van der Waals surface area contributed by atoms with Gasteiger partial charge in [0.25, 0.3) is 0 Å². The molecule has 1 aliphatic heterocycles. The van der Waals surface area contributed by atoms with E-state index in [0.717, 1.165) is 61.6 Å². The molecule has 5 fully saturated rings. The van der Waals surface area contributed by atoms with E-state index in [9.17, 15) is 4.79 Å². The fourth-order valence-electron chi connectivity index (χ4n) is 6.43. The van der Waals surface area contributed by atoms with Crippen LogP contribution in [0, 0.1) is 23.2 Å². The normalized spacial score (nSPS) is 39.4. The first-order valence-electron chi connectivity index (χ1n) is 10.2. The van der Waals surface area contributed by atoms with E-state index in [-0.39, 0.29) is 16.8 Å². The molecule has 4 bridgehead atoms. The van der Waals surface area contributed by atoms with Gasteiger partial charge in [0.2, 0.25) is 5.16 Å². The van der Waals surface area contributed by atoms with Crippen molar-refractivity contribution in [1.29, 1.82) is 0 Å². The number of tetrazole rings is 1. The number of ketones is 1. The SMILES string of the molecule is C[C@@H](Sc1nnnn1C[C@@H]1CCCO1)C(=O)C12CC3CC(CC(C3)C1)C2. The summed E-state index contributed by atoms with van der Waals surface area (Å²) in [4.78, 5) is 13.5. The van der Waals surface area contributed by atoms with E-state index in [2.05, 4.69) is 22.4 Å². The number of hydrogen-bond acceptors (Lipinski definition) is 6. The highest BCUT2D eigenvalue weighted by Gasteiger charge is 2.55. The lowest BCUT2D eigenvalue weighted by Crippen LogP contribution is -2.51. The molecule has 2 heterocycles. The highest BCUT2D eigenvalue weighted by Crippen LogP contribution is 2.61. The van der Waals surface area contributed by atoms with E-state index < -0.39 is 0 Å². The van der Waals surface area contributed by atoms with Gasteiger partial charge in [-0.1, -0.05) is 11.8 Å². The largest absolute Gasteiger partial charge is 0.376 e. The van der Waals surface area contributed by atoms with Crippen LogP contribution >= 0.6 is 11.8 Å². The minimum absolute atomic E-state index is 0.0476. The molecule has 7 heteroatoms. The van der Waals surface area contributed by atoms with Gasteiger partial charge in [-0.2, -0.15) is 0 Å². The Labute approximate surface area is 158 Å². The molecule has 2 atom stereocenters. The predicted molar refractivity (Wildman–Crippen MR) is 97.7 cm³/mol. The van der Waals surface area contributed by atoms with Gasteiger partial charge in [0.15, 0.2) is 5.78 Å². The minimum atomic E-state index is -0.0829. The van der Waals surface area contributed by atoms with Crippen molar-refractivity contribution in [2.24, 2.45) is 23.2 Å². The molecule has 0 radical (unpaired) electrons. The molecule has 6 rings (SSSR count). The number of aromatic nitrogens is 4. The molecule has 0 unspecified atom stereocenters. The third-order valence-electron chi connectivity index (χ3n) is 7.11. The van der Waals surface area contributed by atoms with Crippen molar-refractivity contribution < 1.29 is 9.53 Å². The average Bonchev–Trinajstić information content (AvgIpc) is 3.26. The average molecular weight is 377 g/mol. The smallest absolute Gasteiger partial charge is 0.210 e. The highest BCUT2D eigenvalue weighted by atomic mass is 32.2. The first kappa shape index (κ1) is 17.2. The van der Waals surface area contributed by atoms with Crippen LogP contribution in [0.15, 0.2) is 5.16 Å². The summed E-state index contributed by atoms with van der Waals surface area (Å²) in [6.45, 7) is 3.57. The van der Waals surface area contributed by atoms with Crippen LogP contribution in [-0.2, 0) is 16.1 Å². The maximum absolute atomic E-state index is 13.5. The molecule has 26 heavy (non-hydrogen) atoms. The van der Waals surface area contributed by atoms with Gasteiger partial charge in [0.1, 0.15) is 0 Å². The van der Waals surface area contributed by atoms with E-state index >= 15 is 0 Å². The van der Waals surface area contributed by atoms with E-state index in [1.165, 1.54) is 31.0 Å². The summed E-state index contributed by atoms with van der Waals surface area (Å²) >= 11 is 1.54. The third kappa shape index (κ3) is 3.01. The molecule has 1 aromatic heterocycles. The Bertz CT molecular complexity index is 650. The fourth-order valence-corrected chi connectivity index (χ4v) is 7.42. The maximum Gasteiger partial charge on any atom is 0.210 e. The third-order valence-corrected chi connectivity index (χ3v) is 8.18. The summed E-state index contributed by atoms with van der Waals surface area (Å²) in [6, 6.07) is 0. The number of carbonyl (C=O) groups excluding carboxylic acids is 1. The van der Waals surface area contributed by atoms with Crippen molar-refractivity contribution in [1.82, 2.24) is 20.2 Å². The molecular weight excluding hydrogens is 348 g/mol. The first-order valence-corrected chi connectivity index (χ1v) is 11.1. The second-order valence-corrected chi connectivity index (χ2v) is 10.4. The lowest BCUT2D eigenvalue weighted by molar-refractivity contribution is -0.142. The van der Waals surface area contributed by atoms with Gasteiger partial charge < -0.3 is 4.74 Å². The van der Waals surface area contributed by atoms with E-state index in [0.29, 0.717) is 12.3 Å². The molecule has 6 nitrogen and oxygen atoms in total. The van der Waals surface area contributed by atoms with Crippen molar-refractivity contribution in [3.63, 3.8) is 0 Å². The summed E-state index contributed by atoms with van der Waals surface area (Å²) in [5.41, 5.74) is -0.0476. The van der Waals surface area contributed by atoms with Gasteiger partial charge in [-0.05, 0) is 86.5 Å². The van der Waals surface area contributed by atoms with Crippen LogP contribution in [0.5, 0.6) is 0 Å². The Morgan fingerprint density at radius 3 is 2.58 bits per heavy atom. The summed E-state index contributed by atoms with van der Waals surface area (Å²) < 4.78 is 7.53. The summed E-state index contributed by atoms with van der Waals surface area (Å²) in [5, 5.41) is 12.8. The summed E-state index contributed by atoms with van der Waals surface area (Å²) in [6.07, 6.45) is 9.86. The number of ether oxygens (including phenoxy) is 1. The van der Waals surface area contributed by atoms with Gasteiger partial charge in [-0.15, -0.1) is 5.10 Å². The van der Waals surface area contributed by atoms with Crippen LogP contribution in [0.3, 0.4) is 0 Å². The number of carbonyl (C=O) groups is 1. The van der Waals surface area contributed by atoms with Crippen molar-refractivity contribution >= 4 is 17.5 Å². The standard InChI is InChI=1S/C19H28N4O2S/c1-12(26-18-20-21-22-23(18)11-16-3-2-4-25-16)17(24)19-8-13-5-14(9-19)7-15(6-13)10-19/h12-16H,2-11H2,1H3/t12-,13?,14?,15?,16+,19?/m1/s1. The van der Waals surface area contributed by atoms with Crippen molar-refractivity contribution in [3.8, 4) is 0 Å². The van der Waals surface area contributed by atoms with Crippen molar-refractivity contribution in [2.75, 3.05) is 6.61 Å². The Balaban J connectivity index is 1.28. The van der Waals surface area contributed by atoms with E-state index in [1.807, 2.05) is 4.68 Å². The molecule has 0 aromatic carbocycles. The number of Topliss-reactive ketones (excluding diaryl/α,β-unsaturated/α-hetero) is 1. The Hall–Kier alpha value is -0.950. The van der Waals surface area contributed by atoms with Crippen LogP contribution < -0.4 is 0 Å². The monoisotopic (exact) mass is 376 g/mol. The zero-order valence-corrected chi connectivity index (χ0v) is 16.3. The zero-order chi connectivity index (χ0) is 17.7. The highest BCUT2D eigenvalue weighted by molar-refractivity contribution is 8.00. The van der Waals surface area contributed by atoms with Gasteiger partial charge in [-0.25, -0.2) is 4.68 Å².